The summed E-state index contributed by atoms with van der Waals surface area (Å²) in [5.41, 5.74) is 3.71. The first-order valence-electron chi connectivity index (χ1n) is 8.60. The fourth-order valence-electron chi connectivity index (χ4n) is 2.88. The number of nitrogens with zero attached hydrogens (tertiary/aromatic N) is 1. The molecule has 1 rings (SSSR count). The summed E-state index contributed by atoms with van der Waals surface area (Å²) in [7, 11) is 0. The Morgan fingerprint density at radius 2 is 1.45 bits per heavy atom. The van der Waals surface area contributed by atoms with Crippen molar-refractivity contribution in [3.8, 4) is 0 Å². The van der Waals surface area contributed by atoms with Crippen molar-refractivity contribution >= 4 is 31.8 Å². The molecule has 1 aromatic rings. The summed E-state index contributed by atoms with van der Waals surface area (Å²) in [4.78, 5) is 11.6. The third kappa shape index (κ3) is 5.25. The summed E-state index contributed by atoms with van der Waals surface area (Å²) in [5.74, 6) is 0. The van der Waals surface area contributed by atoms with Crippen LogP contribution in [-0.2, 0) is 19.3 Å². The molecule has 0 aliphatic heterocycles. The van der Waals surface area contributed by atoms with Gasteiger partial charge in [-0.25, -0.2) is 0 Å². The predicted octanol–water partition coefficient (Wildman–Crippen LogP) is 4.42. The molecule has 121 valence electrons. The molecule has 22 heavy (non-hydrogen) atoms. The topological polar surface area (TPSA) is 43.1 Å². The molecule has 0 bridgehead atoms. The van der Waals surface area contributed by atoms with E-state index in [1.54, 1.807) is 0 Å². The van der Waals surface area contributed by atoms with Gasteiger partial charge in [-0.2, -0.15) is 0 Å². The van der Waals surface area contributed by atoms with Crippen molar-refractivity contribution in [1.29, 1.82) is 0 Å². The van der Waals surface area contributed by atoms with E-state index in [1.807, 2.05) is 0 Å². The van der Waals surface area contributed by atoms with Gasteiger partial charge in [-0.1, -0.05) is 0 Å². The van der Waals surface area contributed by atoms with Crippen LogP contribution in [0.15, 0.2) is 6.07 Å². The van der Waals surface area contributed by atoms with Crippen LogP contribution < -0.4 is 3.58 Å². The minimum absolute atomic E-state index is 0.124. The molecule has 0 saturated carbocycles. The van der Waals surface area contributed by atoms with Gasteiger partial charge >= 0.3 is 148 Å². The normalized spacial score (nSPS) is 10.9. The van der Waals surface area contributed by atoms with Crippen molar-refractivity contribution in [1.82, 2.24) is 0 Å². The molecule has 0 atom stereocenters. The number of aryl methyl sites for hydroxylation is 1. The Hall–Kier alpha value is -0.581. The second-order valence-electron chi connectivity index (χ2n) is 5.96. The Morgan fingerprint density at radius 3 is 1.95 bits per heavy atom. The van der Waals surface area contributed by atoms with Crippen molar-refractivity contribution in [2.75, 3.05) is 0 Å². The van der Waals surface area contributed by atoms with Gasteiger partial charge in [0.05, 0.1) is 0 Å². The molecule has 3 nitrogen and oxygen atoms in total. The van der Waals surface area contributed by atoms with Crippen molar-refractivity contribution in [3.05, 3.63) is 32.9 Å². The zero-order valence-corrected chi connectivity index (χ0v) is 17.1. The minimum atomic E-state index is -0.124. The summed E-state index contributed by atoms with van der Waals surface area (Å²) >= 11 is 1.38. The van der Waals surface area contributed by atoms with Gasteiger partial charge in [0.25, 0.3) is 0 Å². The van der Waals surface area contributed by atoms with Crippen molar-refractivity contribution in [2.24, 2.45) is 0 Å². The number of benzene rings is 1. The number of nitro benzene ring substituents is 1. The SMILES string of the molecule is CCCCc1c[c]([Sn])c(CCCC)c(CCCC)c1[N+](=O)[O-]. The van der Waals surface area contributed by atoms with E-state index in [2.05, 4.69) is 26.8 Å². The summed E-state index contributed by atoms with van der Waals surface area (Å²) in [6, 6.07) is 2.12. The Labute approximate surface area is 148 Å². The maximum absolute atomic E-state index is 11.7. The predicted molar refractivity (Wildman–Crippen MR) is 94.3 cm³/mol. The van der Waals surface area contributed by atoms with E-state index in [4.69, 9.17) is 0 Å². The van der Waals surface area contributed by atoms with Gasteiger partial charge in [0.2, 0.25) is 0 Å². The van der Waals surface area contributed by atoms with E-state index in [-0.39, 0.29) is 4.92 Å². The van der Waals surface area contributed by atoms with E-state index in [1.165, 1.54) is 31.7 Å². The van der Waals surface area contributed by atoms with Crippen molar-refractivity contribution < 1.29 is 4.92 Å². The van der Waals surface area contributed by atoms with E-state index in [0.717, 1.165) is 68.9 Å². The van der Waals surface area contributed by atoms with Crippen LogP contribution in [0.3, 0.4) is 0 Å². The summed E-state index contributed by atoms with van der Waals surface area (Å²) in [6.07, 6.45) is 9.14. The van der Waals surface area contributed by atoms with Gasteiger partial charge in [0.1, 0.15) is 0 Å². The molecular formula is C18H28NO2Sn. The second-order valence-corrected chi connectivity index (χ2v) is 7.49. The molecule has 1 aromatic carbocycles. The maximum atomic E-state index is 11.7. The van der Waals surface area contributed by atoms with E-state index >= 15 is 0 Å². The number of hydrogen-bond acceptors (Lipinski definition) is 2. The Bertz CT molecular complexity index is 500. The molecule has 0 unspecified atom stereocenters. The first kappa shape index (κ1) is 19.5. The summed E-state index contributed by atoms with van der Waals surface area (Å²) in [6.45, 7) is 6.47. The quantitative estimate of drug-likeness (QED) is 0.326. The molecule has 3 radical (unpaired) electrons. The number of rotatable bonds is 10. The van der Waals surface area contributed by atoms with Gasteiger partial charge < -0.3 is 0 Å². The molecule has 0 fully saturated rings. The van der Waals surface area contributed by atoms with Crippen LogP contribution in [0.4, 0.5) is 5.69 Å². The zero-order chi connectivity index (χ0) is 16.5. The van der Waals surface area contributed by atoms with Crippen LogP contribution in [0.2, 0.25) is 0 Å². The van der Waals surface area contributed by atoms with Crippen LogP contribution in [0, 0.1) is 10.1 Å². The van der Waals surface area contributed by atoms with Crippen LogP contribution in [-0.4, -0.2) is 27.4 Å². The zero-order valence-electron chi connectivity index (χ0n) is 14.2. The van der Waals surface area contributed by atoms with Gasteiger partial charge in [-0.3, -0.25) is 0 Å². The summed E-state index contributed by atoms with van der Waals surface area (Å²) in [5, 5.41) is 11.7. The van der Waals surface area contributed by atoms with Crippen LogP contribution in [0.1, 0.15) is 76.0 Å². The van der Waals surface area contributed by atoms with Gasteiger partial charge in [0, 0.05) is 0 Å². The second kappa shape index (κ2) is 10.2. The average Bonchev–Trinajstić information content (AvgIpc) is 2.49. The molecule has 0 spiro atoms. The molecule has 0 amide bonds. The number of hydrogen-bond donors (Lipinski definition) is 0. The molecule has 0 saturated heterocycles. The third-order valence-electron chi connectivity index (χ3n) is 4.14. The standard InChI is InChI=1S/C18H28NO2.Sn/c1-4-7-10-15-13-14-16(11-8-5-2)18(19(20)21)17(15)12-9-6-3;/h14H,4-12H2,1-3H3;. The average molecular weight is 409 g/mol. The monoisotopic (exact) mass is 410 g/mol. The van der Waals surface area contributed by atoms with Gasteiger partial charge in [-0.15, -0.1) is 0 Å². The Morgan fingerprint density at radius 1 is 0.955 bits per heavy atom. The summed E-state index contributed by atoms with van der Waals surface area (Å²) < 4.78 is 1.34. The Balaban J connectivity index is 3.37. The third-order valence-corrected chi connectivity index (χ3v) is 5.41. The van der Waals surface area contributed by atoms with E-state index in [0.29, 0.717) is 5.69 Å². The number of unbranched alkanes of at least 4 members (excludes halogenated alkanes) is 3. The van der Waals surface area contributed by atoms with Gasteiger partial charge in [-0.05, 0) is 0 Å². The van der Waals surface area contributed by atoms with Crippen molar-refractivity contribution in [2.45, 2.75) is 78.6 Å². The fourth-order valence-corrected chi connectivity index (χ4v) is 4.16. The first-order valence-corrected chi connectivity index (χ1v) is 10.0. The van der Waals surface area contributed by atoms with E-state index < -0.39 is 0 Å². The van der Waals surface area contributed by atoms with Crippen LogP contribution in [0.5, 0.6) is 0 Å². The molecular weight excluding hydrogens is 381 g/mol. The fraction of sp³-hybridized carbons (Fsp3) is 0.667. The number of nitro groups is 1. The van der Waals surface area contributed by atoms with Crippen LogP contribution in [0.25, 0.3) is 0 Å². The van der Waals surface area contributed by atoms with Gasteiger partial charge in [0.15, 0.2) is 0 Å². The molecule has 0 aliphatic carbocycles. The van der Waals surface area contributed by atoms with E-state index in [9.17, 15) is 10.1 Å². The molecule has 4 heteroatoms. The molecule has 0 N–H and O–H groups in total. The van der Waals surface area contributed by atoms with Crippen molar-refractivity contribution in [3.63, 3.8) is 0 Å². The first-order chi connectivity index (χ1) is 10.6. The molecule has 0 aromatic heterocycles. The molecule has 0 aliphatic rings. The van der Waals surface area contributed by atoms with Crippen LogP contribution >= 0.6 is 0 Å². The Kier molecular flexibility index (Phi) is 9.06. The molecule has 0 heterocycles.